The van der Waals surface area contributed by atoms with Crippen molar-refractivity contribution in [3.63, 3.8) is 0 Å². The number of nitrogens with zero attached hydrogens (tertiary/aromatic N) is 1. The minimum absolute atomic E-state index is 0.0182. The quantitative estimate of drug-likeness (QED) is 0.862. The Morgan fingerprint density at radius 2 is 2.28 bits per heavy atom. The summed E-state index contributed by atoms with van der Waals surface area (Å²) in [7, 11) is -3.41. The average Bonchev–Trinajstić information content (AvgIpc) is 2.32. The minimum atomic E-state index is -3.41. The van der Waals surface area contributed by atoms with Crippen LogP contribution in [0.4, 0.5) is 5.69 Å². The van der Waals surface area contributed by atoms with Crippen LogP contribution in [0.15, 0.2) is 18.3 Å². The van der Waals surface area contributed by atoms with Gasteiger partial charge in [-0.05, 0) is 31.4 Å². The van der Waals surface area contributed by atoms with E-state index in [-0.39, 0.29) is 11.9 Å². The summed E-state index contributed by atoms with van der Waals surface area (Å²) in [5, 5.41) is 0.327. The smallest absolute Gasteiger partial charge is 0.235 e. The lowest BCUT2D eigenvalue weighted by molar-refractivity contribution is 0.0306. The molecule has 100 valence electrons. The molecule has 0 aliphatic carbocycles. The zero-order chi connectivity index (χ0) is 13.0. The van der Waals surface area contributed by atoms with Gasteiger partial charge in [-0.25, -0.2) is 13.4 Å². The highest BCUT2D eigenvalue weighted by Crippen LogP contribution is 2.16. The topological polar surface area (TPSA) is 68.3 Å². The van der Waals surface area contributed by atoms with Crippen molar-refractivity contribution in [2.75, 3.05) is 17.1 Å². The Morgan fingerprint density at radius 1 is 1.44 bits per heavy atom. The Kier molecular flexibility index (Phi) is 4.42. The van der Waals surface area contributed by atoms with Crippen molar-refractivity contribution in [1.82, 2.24) is 4.98 Å². The number of nitrogens with one attached hydrogen (secondary N) is 1. The number of anilines is 1. The molecule has 0 radical (unpaired) electrons. The van der Waals surface area contributed by atoms with Crippen LogP contribution >= 0.6 is 11.6 Å². The maximum absolute atomic E-state index is 11.9. The van der Waals surface area contributed by atoms with E-state index in [2.05, 4.69) is 9.71 Å². The van der Waals surface area contributed by atoms with Crippen molar-refractivity contribution >= 4 is 27.3 Å². The first-order chi connectivity index (χ1) is 8.55. The normalized spacial score (nSPS) is 20.6. The average molecular weight is 291 g/mol. The Balaban J connectivity index is 1.96. The first-order valence-corrected chi connectivity index (χ1v) is 7.82. The van der Waals surface area contributed by atoms with E-state index in [0.29, 0.717) is 17.4 Å². The van der Waals surface area contributed by atoms with Gasteiger partial charge in [0.25, 0.3) is 0 Å². The molecule has 7 heteroatoms. The Morgan fingerprint density at radius 3 is 2.89 bits per heavy atom. The van der Waals surface area contributed by atoms with Crippen LogP contribution in [0.5, 0.6) is 0 Å². The molecule has 1 aliphatic rings. The van der Waals surface area contributed by atoms with E-state index in [1.807, 2.05) is 0 Å². The number of ether oxygens (including phenoxy) is 1. The lowest BCUT2D eigenvalue weighted by Gasteiger charge is -2.22. The van der Waals surface area contributed by atoms with Crippen LogP contribution in [0.3, 0.4) is 0 Å². The summed E-state index contributed by atoms with van der Waals surface area (Å²) >= 11 is 5.63. The molecule has 1 atom stereocenters. The number of rotatable bonds is 4. The molecule has 0 bridgehead atoms. The standard InChI is InChI=1S/C11H15ClN2O3S/c12-11-5-4-9(7-13-11)14-18(15,16)8-10-3-1-2-6-17-10/h4-5,7,10,14H,1-3,6,8H2/t10-/m0/s1. The zero-order valence-corrected chi connectivity index (χ0v) is 11.4. The summed E-state index contributed by atoms with van der Waals surface area (Å²) in [5.74, 6) is -0.0182. The maximum Gasteiger partial charge on any atom is 0.235 e. The van der Waals surface area contributed by atoms with Gasteiger partial charge in [-0.1, -0.05) is 11.6 Å². The molecule has 1 aromatic heterocycles. The molecule has 2 heterocycles. The SMILES string of the molecule is O=S(=O)(C[C@@H]1CCCCO1)Nc1ccc(Cl)nc1. The van der Waals surface area contributed by atoms with E-state index in [9.17, 15) is 8.42 Å². The van der Waals surface area contributed by atoms with Gasteiger partial charge in [-0.3, -0.25) is 4.72 Å². The van der Waals surface area contributed by atoms with Crippen molar-refractivity contribution in [3.8, 4) is 0 Å². The second-order valence-corrected chi connectivity index (χ2v) is 6.40. The highest BCUT2D eigenvalue weighted by molar-refractivity contribution is 7.92. The molecule has 2 rings (SSSR count). The van der Waals surface area contributed by atoms with Crippen LogP contribution in [0.25, 0.3) is 0 Å². The van der Waals surface area contributed by atoms with Crippen LogP contribution in [-0.2, 0) is 14.8 Å². The Hall–Kier alpha value is -0.850. The molecule has 0 aromatic carbocycles. The van der Waals surface area contributed by atoms with Crippen LogP contribution < -0.4 is 4.72 Å². The summed E-state index contributed by atoms with van der Waals surface area (Å²) < 4.78 is 31.7. The summed E-state index contributed by atoms with van der Waals surface area (Å²) in [4.78, 5) is 3.82. The third-order valence-electron chi connectivity index (χ3n) is 2.68. The molecule has 1 N–H and O–H groups in total. The fourth-order valence-electron chi connectivity index (χ4n) is 1.84. The van der Waals surface area contributed by atoms with E-state index in [1.165, 1.54) is 12.3 Å². The number of sulfonamides is 1. The van der Waals surface area contributed by atoms with Gasteiger partial charge in [-0.2, -0.15) is 0 Å². The minimum Gasteiger partial charge on any atom is -0.377 e. The summed E-state index contributed by atoms with van der Waals surface area (Å²) in [6.45, 7) is 0.642. The first-order valence-electron chi connectivity index (χ1n) is 5.79. The number of halogens is 1. The molecule has 1 aliphatic heterocycles. The second-order valence-electron chi connectivity index (χ2n) is 4.24. The number of pyridine rings is 1. The van der Waals surface area contributed by atoms with Crippen LogP contribution in [-0.4, -0.2) is 31.9 Å². The largest absolute Gasteiger partial charge is 0.377 e. The lowest BCUT2D eigenvalue weighted by Crippen LogP contribution is -2.30. The van der Waals surface area contributed by atoms with Gasteiger partial charge in [-0.15, -0.1) is 0 Å². The molecule has 0 unspecified atom stereocenters. The summed E-state index contributed by atoms with van der Waals surface area (Å²) in [5.41, 5.74) is 0.412. The van der Waals surface area contributed by atoms with Crippen molar-refractivity contribution in [2.24, 2.45) is 0 Å². The van der Waals surface area contributed by atoms with Crippen molar-refractivity contribution in [3.05, 3.63) is 23.5 Å². The van der Waals surface area contributed by atoms with Gasteiger partial charge in [0.1, 0.15) is 5.15 Å². The van der Waals surface area contributed by atoms with E-state index < -0.39 is 10.0 Å². The van der Waals surface area contributed by atoms with Crippen LogP contribution in [0.1, 0.15) is 19.3 Å². The molecule has 0 spiro atoms. The molecule has 0 saturated carbocycles. The van der Waals surface area contributed by atoms with E-state index in [0.717, 1.165) is 19.3 Å². The van der Waals surface area contributed by atoms with Gasteiger partial charge in [0.05, 0.1) is 23.7 Å². The lowest BCUT2D eigenvalue weighted by atomic mass is 10.1. The highest BCUT2D eigenvalue weighted by atomic mass is 35.5. The van der Waals surface area contributed by atoms with E-state index >= 15 is 0 Å². The summed E-state index contributed by atoms with van der Waals surface area (Å²) in [6, 6.07) is 3.12. The van der Waals surface area contributed by atoms with Gasteiger partial charge in [0, 0.05) is 6.61 Å². The van der Waals surface area contributed by atoms with Crippen molar-refractivity contribution in [1.29, 1.82) is 0 Å². The second kappa shape index (κ2) is 5.86. The third-order valence-corrected chi connectivity index (χ3v) is 4.26. The number of aromatic nitrogens is 1. The van der Waals surface area contributed by atoms with Crippen molar-refractivity contribution < 1.29 is 13.2 Å². The highest BCUT2D eigenvalue weighted by Gasteiger charge is 2.22. The Bertz CT molecular complexity index is 484. The first kappa shape index (κ1) is 13.6. The van der Waals surface area contributed by atoms with Gasteiger partial charge < -0.3 is 4.74 Å². The van der Waals surface area contributed by atoms with Gasteiger partial charge in [0.2, 0.25) is 10.0 Å². The summed E-state index contributed by atoms with van der Waals surface area (Å²) in [6.07, 6.45) is 3.99. The molecular weight excluding hydrogens is 276 g/mol. The predicted octanol–water partition coefficient (Wildman–Crippen LogP) is 2.05. The Labute approximate surface area is 112 Å². The molecular formula is C11H15ClN2O3S. The van der Waals surface area contributed by atoms with Crippen LogP contribution in [0.2, 0.25) is 5.15 Å². The van der Waals surface area contributed by atoms with Gasteiger partial charge >= 0.3 is 0 Å². The van der Waals surface area contributed by atoms with Crippen molar-refractivity contribution in [2.45, 2.75) is 25.4 Å². The molecule has 1 aromatic rings. The fourth-order valence-corrected chi connectivity index (χ4v) is 3.27. The molecule has 5 nitrogen and oxygen atoms in total. The third kappa shape index (κ3) is 4.12. The van der Waals surface area contributed by atoms with E-state index in [1.54, 1.807) is 6.07 Å². The zero-order valence-electron chi connectivity index (χ0n) is 9.80. The van der Waals surface area contributed by atoms with Crippen LogP contribution in [0, 0.1) is 0 Å². The molecule has 18 heavy (non-hydrogen) atoms. The number of hydrogen-bond acceptors (Lipinski definition) is 4. The van der Waals surface area contributed by atoms with Gasteiger partial charge in [0.15, 0.2) is 0 Å². The molecule has 1 fully saturated rings. The maximum atomic E-state index is 11.9. The molecule has 1 saturated heterocycles. The predicted molar refractivity (Wildman–Crippen MR) is 70.2 cm³/mol. The number of hydrogen-bond donors (Lipinski definition) is 1. The van der Waals surface area contributed by atoms with E-state index in [4.69, 9.17) is 16.3 Å². The molecule has 0 amide bonds. The fraction of sp³-hybridized carbons (Fsp3) is 0.545. The monoisotopic (exact) mass is 290 g/mol.